The number of carboxylic acids is 1. The van der Waals surface area contributed by atoms with E-state index in [1.54, 1.807) is 13.8 Å². The highest BCUT2D eigenvalue weighted by atomic mass is 16.4. The molecule has 1 atom stereocenters. The van der Waals surface area contributed by atoms with Crippen molar-refractivity contribution in [1.82, 2.24) is 20.0 Å². The van der Waals surface area contributed by atoms with Crippen molar-refractivity contribution in [2.24, 2.45) is 11.3 Å². The van der Waals surface area contributed by atoms with Gasteiger partial charge in [0.25, 0.3) is 0 Å². The molecule has 4 rings (SSSR count). The van der Waals surface area contributed by atoms with E-state index < -0.39 is 17.3 Å². The Kier molecular flexibility index (Phi) is 5.10. The summed E-state index contributed by atoms with van der Waals surface area (Å²) >= 11 is 0. The van der Waals surface area contributed by atoms with Gasteiger partial charge in [-0.1, -0.05) is 17.3 Å². The van der Waals surface area contributed by atoms with Gasteiger partial charge in [-0.2, -0.15) is 0 Å². The van der Waals surface area contributed by atoms with Crippen LogP contribution < -0.4 is 0 Å². The maximum absolute atomic E-state index is 12.2. The molecule has 0 aliphatic heterocycles. The normalized spacial score (nSPS) is 15.5. The van der Waals surface area contributed by atoms with Crippen LogP contribution in [0.3, 0.4) is 0 Å². The zero-order valence-electron chi connectivity index (χ0n) is 17.9. The van der Waals surface area contributed by atoms with Crippen molar-refractivity contribution >= 4 is 17.0 Å². The van der Waals surface area contributed by atoms with Gasteiger partial charge in [-0.15, -0.1) is 5.10 Å². The van der Waals surface area contributed by atoms with Crippen molar-refractivity contribution in [2.75, 3.05) is 0 Å². The SMILES string of the molecule is Cc1ccc(C(c2ccc3c(nnn3CC3CC3)c2C)C(C)(C)C(=O)O)nc1CO. The molecule has 1 aliphatic carbocycles. The summed E-state index contributed by atoms with van der Waals surface area (Å²) < 4.78 is 1.95. The molecule has 0 spiro atoms. The number of carbonyl (C=O) groups is 1. The number of pyridine rings is 1. The van der Waals surface area contributed by atoms with Crippen LogP contribution in [0, 0.1) is 25.2 Å². The Bertz CT molecular complexity index is 1120. The Morgan fingerprint density at radius 3 is 2.60 bits per heavy atom. The topological polar surface area (TPSA) is 101 Å². The second kappa shape index (κ2) is 7.47. The maximum atomic E-state index is 12.2. The van der Waals surface area contributed by atoms with Crippen molar-refractivity contribution in [2.45, 2.75) is 59.6 Å². The number of aliphatic hydroxyl groups excluding tert-OH is 1. The highest BCUT2D eigenvalue weighted by Gasteiger charge is 2.41. The van der Waals surface area contributed by atoms with Crippen LogP contribution in [0.15, 0.2) is 24.3 Å². The molecule has 0 amide bonds. The van der Waals surface area contributed by atoms with Crippen molar-refractivity contribution in [3.8, 4) is 0 Å². The number of carboxylic acid groups (broad SMARTS) is 1. The third-order valence-electron chi connectivity index (χ3n) is 6.36. The number of fused-ring (bicyclic) bond motifs is 1. The molecule has 0 bridgehead atoms. The second-order valence-electron chi connectivity index (χ2n) is 8.98. The van der Waals surface area contributed by atoms with Crippen LogP contribution in [0.2, 0.25) is 0 Å². The lowest BCUT2D eigenvalue weighted by Crippen LogP contribution is -2.33. The predicted octanol–water partition coefficient (Wildman–Crippen LogP) is 3.59. The van der Waals surface area contributed by atoms with E-state index in [1.165, 1.54) is 12.8 Å². The molecule has 2 aromatic heterocycles. The first-order valence-electron chi connectivity index (χ1n) is 10.4. The first-order valence-corrected chi connectivity index (χ1v) is 10.4. The number of aryl methyl sites for hydroxylation is 2. The Hall–Kier alpha value is -2.80. The third kappa shape index (κ3) is 3.47. The molecule has 1 fully saturated rings. The highest BCUT2D eigenvalue weighted by Crippen LogP contribution is 2.43. The van der Waals surface area contributed by atoms with Crippen LogP contribution >= 0.6 is 0 Å². The molecule has 30 heavy (non-hydrogen) atoms. The Labute approximate surface area is 175 Å². The van der Waals surface area contributed by atoms with Crippen LogP contribution in [0.25, 0.3) is 11.0 Å². The molecule has 3 aromatic rings. The Morgan fingerprint density at radius 1 is 1.23 bits per heavy atom. The fourth-order valence-corrected chi connectivity index (χ4v) is 4.13. The summed E-state index contributed by atoms with van der Waals surface area (Å²) in [6.07, 6.45) is 2.47. The fourth-order valence-electron chi connectivity index (χ4n) is 4.13. The van der Waals surface area contributed by atoms with Gasteiger partial charge >= 0.3 is 5.97 Å². The number of aliphatic carboxylic acids is 1. The molecular formula is C23H28N4O3. The van der Waals surface area contributed by atoms with E-state index in [4.69, 9.17) is 0 Å². The Balaban J connectivity index is 1.87. The summed E-state index contributed by atoms with van der Waals surface area (Å²) in [7, 11) is 0. The minimum Gasteiger partial charge on any atom is -0.481 e. The number of aromatic nitrogens is 4. The van der Waals surface area contributed by atoms with Gasteiger partial charge in [-0.25, -0.2) is 4.68 Å². The van der Waals surface area contributed by atoms with Crippen molar-refractivity contribution < 1.29 is 15.0 Å². The lowest BCUT2D eigenvalue weighted by Gasteiger charge is -2.32. The predicted molar refractivity (Wildman–Crippen MR) is 113 cm³/mol. The molecule has 7 nitrogen and oxygen atoms in total. The van der Waals surface area contributed by atoms with E-state index in [-0.39, 0.29) is 6.61 Å². The molecule has 2 N–H and O–H groups in total. The molecule has 158 valence electrons. The molecule has 1 saturated carbocycles. The van der Waals surface area contributed by atoms with Gasteiger partial charge in [0.15, 0.2) is 0 Å². The number of benzene rings is 1. The number of rotatable bonds is 7. The second-order valence-corrected chi connectivity index (χ2v) is 8.98. The Morgan fingerprint density at radius 2 is 1.97 bits per heavy atom. The smallest absolute Gasteiger partial charge is 0.310 e. The fraction of sp³-hybridized carbons (Fsp3) is 0.478. The van der Waals surface area contributed by atoms with E-state index in [1.807, 2.05) is 42.8 Å². The highest BCUT2D eigenvalue weighted by molar-refractivity contribution is 5.81. The first kappa shape index (κ1) is 20.5. The molecule has 0 radical (unpaired) electrons. The van der Waals surface area contributed by atoms with Gasteiger partial charge in [0.05, 0.1) is 23.2 Å². The van der Waals surface area contributed by atoms with Crippen molar-refractivity contribution in [1.29, 1.82) is 0 Å². The van der Waals surface area contributed by atoms with Crippen LogP contribution in [0.1, 0.15) is 60.7 Å². The minimum atomic E-state index is -1.11. The van der Waals surface area contributed by atoms with Crippen molar-refractivity contribution in [3.63, 3.8) is 0 Å². The average molecular weight is 409 g/mol. The quantitative estimate of drug-likeness (QED) is 0.620. The van der Waals surface area contributed by atoms with Gasteiger partial charge in [-0.05, 0) is 75.3 Å². The number of aliphatic hydroxyl groups is 1. The molecule has 1 unspecified atom stereocenters. The van der Waals surface area contributed by atoms with Gasteiger partial charge in [0.2, 0.25) is 0 Å². The summed E-state index contributed by atoms with van der Waals surface area (Å²) in [6.45, 7) is 7.97. The molecule has 1 aliphatic rings. The lowest BCUT2D eigenvalue weighted by molar-refractivity contribution is -0.147. The van der Waals surface area contributed by atoms with E-state index in [0.717, 1.165) is 34.3 Å². The monoisotopic (exact) mass is 408 g/mol. The van der Waals surface area contributed by atoms with E-state index >= 15 is 0 Å². The zero-order chi connectivity index (χ0) is 21.6. The van der Waals surface area contributed by atoms with Crippen molar-refractivity contribution in [3.05, 3.63) is 52.3 Å². The van der Waals surface area contributed by atoms with Crippen LogP contribution in [0.5, 0.6) is 0 Å². The summed E-state index contributed by atoms with van der Waals surface area (Å²) in [5.41, 5.74) is 4.52. The largest absolute Gasteiger partial charge is 0.481 e. The average Bonchev–Trinajstić information content (AvgIpc) is 3.43. The summed E-state index contributed by atoms with van der Waals surface area (Å²) in [5, 5.41) is 28.5. The summed E-state index contributed by atoms with van der Waals surface area (Å²) in [4.78, 5) is 16.9. The number of nitrogens with zero attached hydrogens (tertiary/aromatic N) is 4. The van der Waals surface area contributed by atoms with Gasteiger partial charge in [0.1, 0.15) is 5.52 Å². The molecule has 2 heterocycles. The van der Waals surface area contributed by atoms with Crippen LogP contribution in [-0.2, 0) is 17.9 Å². The number of hydrogen-bond donors (Lipinski definition) is 2. The maximum Gasteiger partial charge on any atom is 0.310 e. The lowest BCUT2D eigenvalue weighted by atomic mass is 9.71. The molecule has 0 saturated heterocycles. The minimum absolute atomic E-state index is 0.187. The summed E-state index contributed by atoms with van der Waals surface area (Å²) in [5.74, 6) is -0.724. The van der Waals surface area contributed by atoms with E-state index in [2.05, 4.69) is 15.3 Å². The van der Waals surface area contributed by atoms with Gasteiger partial charge < -0.3 is 10.2 Å². The van der Waals surface area contributed by atoms with E-state index in [9.17, 15) is 15.0 Å². The number of hydrogen-bond acceptors (Lipinski definition) is 5. The van der Waals surface area contributed by atoms with E-state index in [0.29, 0.717) is 17.3 Å². The first-order chi connectivity index (χ1) is 14.2. The molecular weight excluding hydrogens is 380 g/mol. The van der Waals surface area contributed by atoms with Crippen LogP contribution in [-0.4, -0.2) is 36.2 Å². The van der Waals surface area contributed by atoms with Gasteiger partial charge in [0, 0.05) is 18.2 Å². The zero-order valence-corrected chi connectivity index (χ0v) is 17.9. The third-order valence-corrected chi connectivity index (χ3v) is 6.36. The molecule has 7 heteroatoms. The van der Waals surface area contributed by atoms with Gasteiger partial charge in [-0.3, -0.25) is 9.78 Å². The standard InChI is InChI=1S/C23H28N4O3/c1-13-5-9-17(24-18(13)12-28)20(23(3,4)22(29)30)16-8-10-19-21(14(16)2)25-26-27(19)11-15-6-7-15/h5,8-10,15,20,28H,6-7,11-12H2,1-4H3,(H,29,30). The molecule has 1 aromatic carbocycles. The summed E-state index contributed by atoms with van der Waals surface area (Å²) in [6, 6.07) is 7.72. The van der Waals surface area contributed by atoms with Crippen LogP contribution in [0.4, 0.5) is 0 Å².